The summed E-state index contributed by atoms with van der Waals surface area (Å²) in [7, 11) is 0. The van der Waals surface area contributed by atoms with Gasteiger partial charge in [-0.1, -0.05) is 38.1 Å². The summed E-state index contributed by atoms with van der Waals surface area (Å²) in [5, 5.41) is 26.0. The minimum absolute atomic E-state index is 0.242. The number of imide groups is 1. The topological polar surface area (TPSA) is 155 Å². The van der Waals surface area contributed by atoms with Crippen LogP contribution in [-0.4, -0.2) is 75.2 Å². The Morgan fingerprint density at radius 3 is 2.24 bits per heavy atom. The Morgan fingerprint density at radius 2 is 1.56 bits per heavy atom. The highest BCUT2D eigenvalue weighted by Crippen LogP contribution is 2.34. The van der Waals surface area contributed by atoms with Crippen LogP contribution in [0.15, 0.2) is 79.0 Å². The number of piperidine rings is 1. The van der Waals surface area contributed by atoms with Crippen molar-refractivity contribution in [2.75, 3.05) is 25.1 Å². The molecule has 4 aromatic rings. The average Bonchev–Trinajstić information content (AvgIpc) is 3.36. The van der Waals surface area contributed by atoms with Crippen LogP contribution < -0.4 is 24.8 Å². The minimum atomic E-state index is -1.18. The molecule has 0 spiro atoms. The number of hydrogen-bond acceptors (Lipinski definition) is 11. The maximum Gasteiger partial charge on any atom is 0.316 e. The highest BCUT2D eigenvalue weighted by Gasteiger charge is 2.44. The van der Waals surface area contributed by atoms with Crippen LogP contribution in [-0.2, 0) is 12.0 Å². The van der Waals surface area contributed by atoms with Gasteiger partial charge in [0.2, 0.25) is 0 Å². The maximum absolute atomic E-state index is 13.1. The van der Waals surface area contributed by atoms with Gasteiger partial charge in [0.1, 0.15) is 30.6 Å². The highest BCUT2D eigenvalue weighted by atomic mass is 16.5. The second-order valence-electron chi connectivity index (χ2n) is 12.9. The third kappa shape index (κ3) is 7.72. The van der Waals surface area contributed by atoms with Crippen LogP contribution in [0.1, 0.15) is 77.6 Å². The lowest BCUT2D eigenvalue weighted by atomic mass is 9.78. The molecule has 12 nitrogen and oxygen atoms in total. The number of nitrogens with one attached hydrogen (secondary N) is 2. The van der Waals surface area contributed by atoms with Crippen LogP contribution in [0.2, 0.25) is 0 Å². The number of carbonyl (C=O) groups excluding carboxylic acids is 2. The summed E-state index contributed by atoms with van der Waals surface area (Å²) in [6.07, 6.45) is 0.983. The van der Waals surface area contributed by atoms with Gasteiger partial charge in [0.25, 0.3) is 11.8 Å². The first-order valence-corrected chi connectivity index (χ1v) is 16.9. The van der Waals surface area contributed by atoms with Crippen LogP contribution in [0.5, 0.6) is 17.5 Å². The number of hydrogen-bond donors (Lipinski definition) is 4. The predicted octanol–water partition coefficient (Wildman–Crippen LogP) is 4.65. The van der Waals surface area contributed by atoms with Crippen molar-refractivity contribution in [3.05, 3.63) is 107 Å². The number of fused-ring (bicyclic) bond motifs is 1. The molecule has 0 bridgehead atoms. The van der Waals surface area contributed by atoms with Crippen LogP contribution in [0, 0.1) is 0 Å². The van der Waals surface area contributed by atoms with E-state index in [0.29, 0.717) is 62.8 Å². The van der Waals surface area contributed by atoms with Crippen molar-refractivity contribution in [2.45, 2.75) is 70.6 Å². The summed E-state index contributed by atoms with van der Waals surface area (Å²) in [5.41, 5.74) is 4.14. The van der Waals surface area contributed by atoms with Gasteiger partial charge in [-0.2, -0.15) is 4.98 Å². The largest absolute Gasteiger partial charge is 0.494 e. The van der Waals surface area contributed by atoms with Crippen LogP contribution in [0.25, 0.3) is 0 Å². The zero-order valence-electron chi connectivity index (χ0n) is 28.5. The number of aromatic nitrogens is 2. The van der Waals surface area contributed by atoms with E-state index in [1.54, 1.807) is 30.5 Å². The molecule has 2 amide bonds. The fourth-order valence-corrected chi connectivity index (χ4v) is 6.23. The second kappa shape index (κ2) is 15.2. The number of aliphatic hydroxyl groups excluding tert-OH is 2. The normalized spacial score (nSPS) is 18.9. The molecule has 4 N–H and O–H groups in total. The summed E-state index contributed by atoms with van der Waals surface area (Å²) < 4.78 is 17.3. The molecule has 12 heteroatoms. The molecular formula is C38H43N5O7. The molecule has 2 aliphatic rings. The number of anilines is 1. The number of carbonyl (C=O) groups is 2. The Bertz CT molecular complexity index is 1800. The van der Waals surface area contributed by atoms with E-state index in [0.717, 1.165) is 38.9 Å². The standard InChI is InChI=1S/C38H43N5O7/c1-4-48-37-40-20-18-27(41-37)23-50-29-13-8-25(9-14-29)38(2,3)24-6-11-28(12-7-24)49-21-5-19-39-26-10-15-30-31(22-26)36(47)43(35(30)46)32-16-17-33(44)42-34(32)45/h6-15,18,20,22,32-34,39,42,44-45H,4-5,16-17,19,21,23H2,1-3H3. The molecule has 3 heterocycles. The summed E-state index contributed by atoms with van der Waals surface area (Å²) in [4.78, 5) is 35.7. The average molecular weight is 682 g/mol. The van der Waals surface area contributed by atoms with Crippen LogP contribution >= 0.6 is 0 Å². The number of ether oxygens (including phenoxy) is 3. The van der Waals surface area contributed by atoms with Crippen molar-refractivity contribution in [3.63, 3.8) is 0 Å². The van der Waals surface area contributed by atoms with E-state index < -0.39 is 30.3 Å². The number of rotatable bonds is 14. The van der Waals surface area contributed by atoms with Gasteiger partial charge < -0.3 is 29.7 Å². The first-order chi connectivity index (χ1) is 24.1. The van der Waals surface area contributed by atoms with E-state index >= 15 is 0 Å². The molecule has 3 aromatic carbocycles. The Kier molecular flexibility index (Phi) is 10.6. The lowest BCUT2D eigenvalue weighted by Gasteiger charge is -2.36. The molecule has 3 unspecified atom stereocenters. The molecule has 262 valence electrons. The summed E-state index contributed by atoms with van der Waals surface area (Å²) in [6, 6.07) is 22.7. The van der Waals surface area contributed by atoms with Crippen molar-refractivity contribution in [1.29, 1.82) is 0 Å². The van der Waals surface area contributed by atoms with Crippen molar-refractivity contribution >= 4 is 17.5 Å². The Morgan fingerprint density at radius 1 is 0.880 bits per heavy atom. The van der Waals surface area contributed by atoms with E-state index in [2.05, 4.69) is 58.7 Å². The number of aliphatic hydroxyl groups is 2. The fourth-order valence-electron chi connectivity index (χ4n) is 6.23. The highest BCUT2D eigenvalue weighted by molar-refractivity contribution is 6.22. The zero-order valence-corrected chi connectivity index (χ0v) is 28.5. The molecule has 1 fully saturated rings. The maximum atomic E-state index is 13.1. The van der Waals surface area contributed by atoms with Gasteiger partial charge in [-0.3, -0.25) is 19.8 Å². The predicted molar refractivity (Wildman–Crippen MR) is 186 cm³/mol. The Balaban J connectivity index is 0.958. The molecule has 2 aliphatic heterocycles. The smallest absolute Gasteiger partial charge is 0.316 e. The molecule has 0 radical (unpaired) electrons. The van der Waals surface area contributed by atoms with E-state index in [4.69, 9.17) is 14.2 Å². The minimum Gasteiger partial charge on any atom is -0.494 e. The zero-order chi connectivity index (χ0) is 35.3. The molecule has 0 saturated carbocycles. The molecule has 0 aliphatic carbocycles. The Hall–Kier alpha value is -5.04. The molecule has 1 saturated heterocycles. The van der Waals surface area contributed by atoms with Gasteiger partial charge in [0, 0.05) is 23.8 Å². The monoisotopic (exact) mass is 681 g/mol. The number of nitrogens with zero attached hydrogens (tertiary/aromatic N) is 3. The summed E-state index contributed by atoms with van der Waals surface area (Å²) in [6.45, 7) is 8.18. The van der Waals surface area contributed by atoms with Crippen molar-refractivity contribution in [2.24, 2.45) is 0 Å². The fraction of sp³-hybridized carbons (Fsp3) is 0.368. The number of amides is 2. The van der Waals surface area contributed by atoms with Crippen LogP contribution in [0.3, 0.4) is 0 Å². The number of benzene rings is 3. The van der Waals surface area contributed by atoms with E-state index in [-0.39, 0.29) is 5.41 Å². The Labute approximate surface area is 291 Å². The molecule has 50 heavy (non-hydrogen) atoms. The van der Waals surface area contributed by atoms with Gasteiger partial charge in [0.05, 0.1) is 36.1 Å². The van der Waals surface area contributed by atoms with E-state index in [1.165, 1.54) is 0 Å². The quantitative estimate of drug-likeness (QED) is 0.109. The van der Waals surface area contributed by atoms with Gasteiger partial charge in [-0.05, 0) is 85.8 Å². The molecule has 1 aromatic heterocycles. The van der Waals surface area contributed by atoms with E-state index in [1.807, 2.05) is 31.2 Å². The van der Waals surface area contributed by atoms with Crippen molar-refractivity contribution in [3.8, 4) is 17.5 Å². The molecular weight excluding hydrogens is 638 g/mol. The van der Waals surface area contributed by atoms with Crippen LogP contribution in [0.4, 0.5) is 5.69 Å². The summed E-state index contributed by atoms with van der Waals surface area (Å²) >= 11 is 0. The second-order valence-corrected chi connectivity index (χ2v) is 12.9. The third-order valence-electron chi connectivity index (χ3n) is 9.14. The van der Waals surface area contributed by atoms with Gasteiger partial charge in [-0.25, -0.2) is 4.98 Å². The molecule has 3 atom stereocenters. The third-order valence-corrected chi connectivity index (χ3v) is 9.14. The lowest BCUT2D eigenvalue weighted by molar-refractivity contribution is -0.0413. The summed E-state index contributed by atoms with van der Waals surface area (Å²) in [5.74, 6) is 0.654. The van der Waals surface area contributed by atoms with Crippen molar-refractivity contribution in [1.82, 2.24) is 20.2 Å². The first kappa shape index (κ1) is 34.8. The SMILES string of the molecule is CCOc1nccc(COc2ccc(C(C)(C)c3ccc(OCCCNc4ccc5c(c4)C(=O)N(C4CCC(O)NC4O)C5=O)cc3)cc2)n1. The van der Waals surface area contributed by atoms with Crippen molar-refractivity contribution < 1.29 is 34.0 Å². The van der Waals surface area contributed by atoms with E-state index in [9.17, 15) is 19.8 Å². The first-order valence-electron chi connectivity index (χ1n) is 16.9. The molecule has 6 rings (SSSR count). The lowest BCUT2D eigenvalue weighted by Crippen LogP contribution is -2.58. The van der Waals surface area contributed by atoms with Gasteiger partial charge in [0.15, 0.2) is 0 Å². The van der Waals surface area contributed by atoms with Gasteiger partial charge >= 0.3 is 6.01 Å². The van der Waals surface area contributed by atoms with Gasteiger partial charge in [-0.15, -0.1) is 0 Å².